The summed E-state index contributed by atoms with van der Waals surface area (Å²) >= 11 is 0. The number of hydrogen-bond donors (Lipinski definition) is 0. The van der Waals surface area contributed by atoms with Crippen LogP contribution in [0.2, 0.25) is 0 Å². The molecule has 0 aliphatic heterocycles. The maximum absolute atomic E-state index is 4.56. The first-order chi connectivity index (χ1) is 7.92. The average molecular weight is 210 g/mol. The second-order valence-electron chi connectivity index (χ2n) is 3.59. The third-order valence-electron chi connectivity index (χ3n) is 2.45. The molecule has 4 nitrogen and oxygen atoms in total. The Morgan fingerprint density at radius 1 is 1.06 bits per heavy atom. The third-order valence-corrected chi connectivity index (χ3v) is 2.45. The van der Waals surface area contributed by atoms with Gasteiger partial charge in [0.25, 0.3) is 0 Å². The van der Waals surface area contributed by atoms with E-state index in [1.807, 2.05) is 24.3 Å². The Bertz CT molecular complexity index is 601. The van der Waals surface area contributed by atoms with Gasteiger partial charge in [-0.2, -0.15) is 5.10 Å². The molecule has 0 atom stereocenters. The summed E-state index contributed by atoms with van der Waals surface area (Å²) in [6, 6.07) is 12.2. The van der Waals surface area contributed by atoms with Gasteiger partial charge in [0.2, 0.25) is 0 Å². The molecule has 78 valence electrons. The molecule has 0 amide bonds. The van der Waals surface area contributed by atoms with E-state index in [9.17, 15) is 0 Å². The highest BCUT2D eigenvalue weighted by Gasteiger charge is 1.99. The number of nitrogens with zero attached hydrogens (tertiary/aromatic N) is 4. The van der Waals surface area contributed by atoms with E-state index in [2.05, 4.69) is 27.2 Å². The minimum absolute atomic E-state index is 0.658. The summed E-state index contributed by atoms with van der Waals surface area (Å²) in [6.45, 7) is 0.658. The van der Waals surface area contributed by atoms with Gasteiger partial charge in [-0.15, -0.1) is 0 Å². The molecule has 2 aromatic heterocycles. The van der Waals surface area contributed by atoms with Crippen molar-refractivity contribution in [2.75, 3.05) is 0 Å². The molecule has 0 aliphatic rings. The Morgan fingerprint density at radius 2 is 2.00 bits per heavy atom. The monoisotopic (exact) mass is 210 g/mol. The molecule has 0 fully saturated rings. The van der Waals surface area contributed by atoms with E-state index in [1.54, 1.807) is 11.0 Å². The SMILES string of the molecule is c1ccc2nc(Cn3cncn3)ccc2c1. The fourth-order valence-electron chi connectivity index (χ4n) is 1.68. The molecular formula is C12H10N4. The predicted molar refractivity (Wildman–Crippen MR) is 60.9 cm³/mol. The molecule has 0 radical (unpaired) electrons. The number of hydrogen-bond acceptors (Lipinski definition) is 3. The first-order valence-electron chi connectivity index (χ1n) is 5.09. The maximum Gasteiger partial charge on any atom is 0.137 e. The molecule has 0 saturated heterocycles. The predicted octanol–water partition coefficient (Wildman–Crippen LogP) is 1.87. The number of pyridine rings is 1. The molecule has 0 spiro atoms. The minimum atomic E-state index is 0.658. The lowest BCUT2D eigenvalue weighted by atomic mass is 10.2. The molecule has 4 heteroatoms. The Labute approximate surface area is 92.6 Å². The summed E-state index contributed by atoms with van der Waals surface area (Å²) in [4.78, 5) is 8.47. The van der Waals surface area contributed by atoms with Gasteiger partial charge >= 0.3 is 0 Å². The third kappa shape index (κ3) is 1.65. The van der Waals surface area contributed by atoms with Crippen molar-refractivity contribution in [1.82, 2.24) is 19.7 Å². The molecule has 3 rings (SSSR count). The lowest BCUT2D eigenvalue weighted by molar-refractivity contribution is 0.673. The van der Waals surface area contributed by atoms with Gasteiger partial charge in [-0.25, -0.2) is 9.67 Å². The summed E-state index contributed by atoms with van der Waals surface area (Å²) in [5.74, 6) is 0. The lowest BCUT2D eigenvalue weighted by Gasteiger charge is -2.02. The molecule has 0 bridgehead atoms. The highest BCUT2D eigenvalue weighted by Crippen LogP contribution is 2.12. The Morgan fingerprint density at radius 3 is 2.88 bits per heavy atom. The number of benzene rings is 1. The van der Waals surface area contributed by atoms with Crippen molar-refractivity contribution in [1.29, 1.82) is 0 Å². The second-order valence-corrected chi connectivity index (χ2v) is 3.59. The van der Waals surface area contributed by atoms with Crippen molar-refractivity contribution in [2.24, 2.45) is 0 Å². The van der Waals surface area contributed by atoms with E-state index in [0.29, 0.717) is 6.54 Å². The van der Waals surface area contributed by atoms with Crippen LogP contribution in [-0.2, 0) is 6.54 Å². The van der Waals surface area contributed by atoms with Crippen LogP contribution in [0.25, 0.3) is 10.9 Å². The molecule has 0 aliphatic carbocycles. The van der Waals surface area contributed by atoms with Crippen molar-refractivity contribution in [2.45, 2.75) is 6.54 Å². The zero-order valence-electron chi connectivity index (χ0n) is 8.61. The second kappa shape index (κ2) is 3.73. The summed E-state index contributed by atoms with van der Waals surface area (Å²) in [6.07, 6.45) is 3.22. The Hall–Kier alpha value is -2.23. The summed E-state index contributed by atoms with van der Waals surface area (Å²) < 4.78 is 1.76. The van der Waals surface area contributed by atoms with Crippen molar-refractivity contribution in [3.05, 3.63) is 54.7 Å². The minimum Gasteiger partial charge on any atom is -0.251 e. The molecule has 0 saturated carbocycles. The van der Waals surface area contributed by atoms with E-state index < -0.39 is 0 Å². The molecule has 0 unspecified atom stereocenters. The van der Waals surface area contributed by atoms with Crippen LogP contribution >= 0.6 is 0 Å². The van der Waals surface area contributed by atoms with Crippen LogP contribution in [0.3, 0.4) is 0 Å². The maximum atomic E-state index is 4.56. The first kappa shape index (κ1) is 9.03. The molecule has 0 N–H and O–H groups in total. The normalized spacial score (nSPS) is 10.8. The Kier molecular flexibility index (Phi) is 2.11. The van der Waals surface area contributed by atoms with Gasteiger partial charge in [0, 0.05) is 5.39 Å². The van der Waals surface area contributed by atoms with Gasteiger partial charge in [0.15, 0.2) is 0 Å². The average Bonchev–Trinajstić information content (AvgIpc) is 2.82. The van der Waals surface area contributed by atoms with E-state index in [4.69, 9.17) is 0 Å². The molecule has 3 aromatic rings. The van der Waals surface area contributed by atoms with Gasteiger partial charge < -0.3 is 0 Å². The van der Waals surface area contributed by atoms with E-state index in [-0.39, 0.29) is 0 Å². The Balaban J connectivity index is 1.99. The van der Waals surface area contributed by atoms with Crippen LogP contribution < -0.4 is 0 Å². The lowest BCUT2D eigenvalue weighted by Crippen LogP contribution is -2.01. The van der Waals surface area contributed by atoms with Crippen LogP contribution in [0.1, 0.15) is 5.69 Å². The van der Waals surface area contributed by atoms with Crippen LogP contribution in [-0.4, -0.2) is 19.7 Å². The topological polar surface area (TPSA) is 43.6 Å². The number of fused-ring (bicyclic) bond motifs is 1. The largest absolute Gasteiger partial charge is 0.251 e. The summed E-state index contributed by atoms with van der Waals surface area (Å²) in [5, 5.41) is 5.21. The fraction of sp³-hybridized carbons (Fsp3) is 0.0833. The summed E-state index contributed by atoms with van der Waals surface area (Å²) in [7, 11) is 0. The van der Waals surface area contributed by atoms with Crippen molar-refractivity contribution < 1.29 is 0 Å². The fourth-order valence-corrected chi connectivity index (χ4v) is 1.68. The molecule has 16 heavy (non-hydrogen) atoms. The zero-order chi connectivity index (χ0) is 10.8. The van der Waals surface area contributed by atoms with Crippen LogP contribution in [0, 0.1) is 0 Å². The smallest absolute Gasteiger partial charge is 0.137 e. The van der Waals surface area contributed by atoms with Crippen molar-refractivity contribution in [3.63, 3.8) is 0 Å². The summed E-state index contributed by atoms with van der Waals surface area (Å²) in [5.41, 5.74) is 2.00. The molecule has 2 heterocycles. The van der Waals surface area contributed by atoms with Gasteiger partial charge in [-0.3, -0.25) is 4.98 Å². The van der Waals surface area contributed by atoms with Crippen LogP contribution in [0.4, 0.5) is 0 Å². The highest BCUT2D eigenvalue weighted by molar-refractivity contribution is 5.78. The van der Waals surface area contributed by atoms with E-state index in [1.165, 1.54) is 6.33 Å². The number of para-hydroxylation sites is 1. The number of rotatable bonds is 2. The highest BCUT2D eigenvalue weighted by atomic mass is 15.3. The van der Waals surface area contributed by atoms with Crippen molar-refractivity contribution in [3.8, 4) is 0 Å². The van der Waals surface area contributed by atoms with Crippen LogP contribution in [0.15, 0.2) is 49.1 Å². The van der Waals surface area contributed by atoms with Gasteiger partial charge in [0.05, 0.1) is 17.8 Å². The first-order valence-corrected chi connectivity index (χ1v) is 5.09. The number of aromatic nitrogens is 4. The molecule has 1 aromatic carbocycles. The van der Waals surface area contributed by atoms with Gasteiger partial charge in [-0.05, 0) is 12.1 Å². The van der Waals surface area contributed by atoms with Gasteiger partial charge in [0.1, 0.15) is 12.7 Å². The molecular weight excluding hydrogens is 200 g/mol. The van der Waals surface area contributed by atoms with Crippen LogP contribution in [0.5, 0.6) is 0 Å². The zero-order valence-corrected chi connectivity index (χ0v) is 8.61. The standard InChI is InChI=1S/C12H10N4/c1-2-4-12-10(3-1)5-6-11(15-12)7-16-9-13-8-14-16/h1-6,8-9H,7H2. The van der Waals surface area contributed by atoms with Crippen molar-refractivity contribution >= 4 is 10.9 Å². The van der Waals surface area contributed by atoms with E-state index >= 15 is 0 Å². The quantitative estimate of drug-likeness (QED) is 0.648. The van der Waals surface area contributed by atoms with E-state index in [0.717, 1.165) is 16.6 Å². The van der Waals surface area contributed by atoms with Gasteiger partial charge in [-0.1, -0.05) is 24.3 Å².